The van der Waals surface area contributed by atoms with Crippen molar-refractivity contribution in [1.29, 1.82) is 0 Å². The number of carbonyl (C=O) groups excluding carboxylic acids is 2. The van der Waals surface area contributed by atoms with Gasteiger partial charge in [-0.1, -0.05) is 6.07 Å². The Morgan fingerprint density at radius 2 is 1.51 bits per heavy atom. The third kappa shape index (κ3) is 4.69. The highest BCUT2D eigenvalue weighted by Crippen LogP contribution is 2.46. The number of aliphatic hydroxyl groups excluding tert-OH is 1. The van der Waals surface area contributed by atoms with Gasteiger partial charge in [0.2, 0.25) is 0 Å². The molecule has 1 N–H and O–H groups in total. The third-order valence-corrected chi connectivity index (χ3v) is 5.99. The molecule has 4 rings (SSSR count). The molecule has 0 saturated carbocycles. The van der Waals surface area contributed by atoms with E-state index in [-0.39, 0.29) is 28.1 Å². The minimum absolute atomic E-state index is 0.173. The molecule has 0 spiro atoms. The fraction of sp³-hybridized carbons (Fsp3) is 0.185. The van der Waals surface area contributed by atoms with Crippen molar-refractivity contribution in [2.45, 2.75) is 12.2 Å². The van der Waals surface area contributed by atoms with Gasteiger partial charge in [0.25, 0.3) is 11.7 Å². The number of ether oxygens (including phenoxy) is 3. The van der Waals surface area contributed by atoms with Crippen molar-refractivity contribution in [3.05, 3.63) is 89.0 Å². The first-order valence-corrected chi connectivity index (χ1v) is 10.9. The molecule has 1 unspecified atom stereocenters. The molecule has 3 aromatic rings. The monoisotopic (exact) mass is 513 g/mol. The van der Waals surface area contributed by atoms with Crippen molar-refractivity contribution in [2.75, 3.05) is 26.2 Å². The first-order valence-electron chi connectivity index (χ1n) is 10.9. The lowest BCUT2D eigenvalue weighted by Crippen LogP contribution is -2.30. The Bertz CT molecular complexity index is 1380. The number of methoxy groups -OCH3 is 3. The van der Waals surface area contributed by atoms with Gasteiger partial charge < -0.3 is 19.3 Å². The number of nitrogens with zero attached hydrogens (tertiary/aromatic N) is 1. The average molecular weight is 513 g/mol. The van der Waals surface area contributed by atoms with Crippen LogP contribution in [0.4, 0.5) is 18.9 Å². The average Bonchev–Trinajstić information content (AvgIpc) is 3.17. The first-order chi connectivity index (χ1) is 17.6. The van der Waals surface area contributed by atoms with Gasteiger partial charge in [0.05, 0.1) is 38.5 Å². The molecule has 1 atom stereocenters. The van der Waals surface area contributed by atoms with Crippen molar-refractivity contribution in [3.8, 4) is 17.2 Å². The summed E-state index contributed by atoms with van der Waals surface area (Å²) in [6.07, 6.45) is -4.68. The summed E-state index contributed by atoms with van der Waals surface area (Å²) in [5.74, 6) is -1.56. The lowest BCUT2D eigenvalue weighted by atomic mass is 9.94. The van der Waals surface area contributed by atoms with Crippen LogP contribution in [0.1, 0.15) is 22.7 Å². The Morgan fingerprint density at radius 1 is 0.865 bits per heavy atom. The zero-order chi connectivity index (χ0) is 26.9. The van der Waals surface area contributed by atoms with Crippen molar-refractivity contribution in [3.63, 3.8) is 0 Å². The minimum atomic E-state index is -4.68. The summed E-state index contributed by atoms with van der Waals surface area (Å²) >= 11 is 0. The quantitative estimate of drug-likeness (QED) is 0.272. The summed E-state index contributed by atoms with van der Waals surface area (Å²) in [6, 6.07) is 13.5. The molecule has 0 aliphatic carbocycles. The number of benzene rings is 3. The molecule has 1 saturated heterocycles. The van der Waals surface area contributed by atoms with Crippen LogP contribution in [0.25, 0.3) is 5.76 Å². The number of ketones is 1. The van der Waals surface area contributed by atoms with E-state index in [0.29, 0.717) is 11.5 Å². The standard InChI is InChI=1S/C27H22F3NO6/c1-35-18-9-7-15(8-10-18)24(32)22-23(20-12-11-19(36-2)14-21(20)37-3)31(26(34)25(22)33)17-6-4-5-16(13-17)27(28,29)30/h4-14,23,32H,1-3H3/b24-22-. The van der Waals surface area contributed by atoms with E-state index in [0.717, 1.165) is 23.1 Å². The van der Waals surface area contributed by atoms with Crippen LogP contribution < -0.4 is 19.1 Å². The highest BCUT2D eigenvalue weighted by molar-refractivity contribution is 6.51. The van der Waals surface area contributed by atoms with Crippen LogP contribution >= 0.6 is 0 Å². The summed E-state index contributed by atoms with van der Waals surface area (Å²) in [6.45, 7) is 0. The number of halogens is 3. The van der Waals surface area contributed by atoms with Crippen LogP contribution in [0.5, 0.6) is 17.2 Å². The van der Waals surface area contributed by atoms with E-state index in [1.165, 1.54) is 51.7 Å². The van der Waals surface area contributed by atoms with Crippen LogP contribution in [0, 0.1) is 0 Å². The highest BCUT2D eigenvalue weighted by Gasteiger charge is 2.48. The third-order valence-electron chi connectivity index (χ3n) is 5.99. The SMILES string of the molecule is COc1ccc(/C(O)=C2/C(=O)C(=O)N(c3cccc(C(F)(F)F)c3)C2c2ccc(OC)cc2OC)cc1. The molecule has 1 amide bonds. The lowest BCUT2D eigenvalue weighted by Gasteiger charge is -2.27. The van der Waals surface area contributed by atoms with E-state index in [1.54, 1.807) is 18.2 Å². The van der Waals surface area contributed by atoms with Crippen LogP contribution in [0.2, 0.25) is 0 Å². The van der Waals surface area contributed by atoms with Gasteiger partial charge in [0.1, 0.15) is 23.0 Å². The van der Waals surface area contributed by atoms with Gasteiger partial charge in [-0.05, 0) is 54.6 Å². The summed E-state index contributed by atoms with van der Waals surface area (Å²) in [7, 11) is 4.26. The molecule has 7 nitrogen and oxygen atoms in total. The van der Waals surface area contributed by atoms with E-state index in [4.69, 9.17) is 14.2 Å². The zero-order valence-corrected chi connectivity index (χ0v) is 20.0. The summed E-state index contributed by atoms with van der Waals surface area (Å²) in [5.41, 5.74) is -1.01. The van der Waals surface area contributed by atoms with Crippen LogP contribution in [-0.2, 0) is 15.8 Å². The second-order valence-electron chi connectivity index (χ2n) is 8.05. The van der Waals surface area contributed by atoms with Gasteiger partial charge in [-0.25, -0.2) is 0 Å². The number of rotatable bonds is 6. The van der Waals surface area contributed by atoms with E-state index in [9.17, 15) is 27.9 Å². The molecular formula is C27H22F3NO6. The minimum Gasteiger partial charge on any atom is -0.507 e. The zero-order valence-electron chi connectivity index (χ0n) is 20.0. The molecule has 192 valence electrons. The number of anilines is 1. The van der Waals surface area contributed by atoms with Crippen LogP contribution in [0.15, 0.2) is 72.3 Å². The van der Waals surface area contributed by atoms with Gasteiger partial charge in [-0.2, -0.15) is 13.2 Å². The number of alkyl halides is 3. The largest absolute Gasteiger partial charge is 0.507 e. The van der Waals surface area contributed by atoms with Crippen molar-refractivity contribution in [2.24, 2.45) is 0 Å². The van der Waals surface area contributed by atoms with E-state index in [2.05, 4.69) is 0 Å². The van der Waals surface area contributed by atoms with Gasteiger partial charge in [-0.3, -0.25) is 14.5 Å². The Hall–Kier alpha value is -4.47. The topological polar surface area (TPSA) is 85.3 Å². The number of Topliss-reactive ketones (excluding diaryl/α,β-unsaturated/α-hetero) is 1. The molecule has 0 aromatic heterocycles. The molecular weight excluding hydrogens is 491 g/mol. The lowest BCUT2D eigenvalue weighted by molar-refractivity contribution is -0.137. The summed E-state index contributed by atoms with van der Waals surface area (Å²) in [5, 5.41) is 11.2. The molecule has 10 heteroatoms. The Balaban J connectivity index is 1.98. The maximum Gasteiger partial charge on any atom is 0.416 e. The van der Waals surface area contributed by atoms with Crippen LogP contribution in [-0.4, -0.2) is 38.1 Å². The van der Waals surface area contributed by atoms with Gasteiger partial charge in [0, 0.05) is 22.9 Å². The second-order valence-corrected chi connectivity index (χ2v) is 8.05. The van der Waals surface area contributed by atoms with Gasteiger partial charge in [0.15, 0.2) is 0 Å². The van der Waals surface area contributed by atoms with E-state index < -0.39 is 35.2 Å². The molecule has 37 heavy (non-hydrogen) atoms. The number of amides is 1. The molecule has 0 radical (unpaired) electrons. The maximum atomic E-state index is 13.5. The fourth-order valence-corrected chi connectivity index (χ4v) is 4.17. The van der Waals surface area contributed by atoms with E-state index >= 15 is 0 Å². The van der Waals surface area contributed by atoms with Crippen molar-refractivity contribution < 1.29 is 42.1 Å². The van der Waals surface area contributed by atoms with Gasteiger partial charge in [-0.15, -0.1) is 0 Å². The second kappa shape index (κ2) is 9.88. The maximum absolute atomic E-state index is 13.5. The van der Waals surface area contributed by atoms with Crippen LogP contribution in [0.3, 0.4) is 0 Å². The van der Waals surface area contributed by atoms with Gasteiger partial charge >= 0.3 is 6.18 Å². The molecule has 1 aliphatic heterocycles. The Kier molecular flexibility index (Phi) is 6.84. The number of hydrogen-bond acceptors (Lipinski definition) is 6. The molecule has 3 aromatic carbocycles. The highest BCUT2D eigenvalue weighted by atomic mass is 19.4. The summed E-state index contributed by atoms with van der Waals surface area (Å²) < 4.78 is 56.2. The molecule has 1 heterocycles. The fourth-order valence-electron chi connectivity index (χ4n) is 4.17. The normalized spacial score (nSPS) is 17.1. The number of hydrogen-bond donors (Lipinski definition) is 1. The van der Waals surface area contributed by atoms with E-state index in [1.807, 2.05) is 0 Å². The Morgan fingerprint density at radius 3 is 2.11 bits per heavy atom. The number of carbonyl (C=O) groups is 2. The smallest absolute Gasteiger partial charge is 0.416 e. The predicted octanol–water partition coefficient (Wildman–Crippen LogP) is 5.36. The van der Waals surface area contributed by atoms with Crippen molar-refractivity contribution in [1.82, 2.24) is 0 Å². The number of aliphatic hydroxyl groups is 1. The summed E-state index contributed by atoms with van der Waals surface area (Å²) in [4.78, 5) is 27.5. The Labute approximate surface area is 210 Å². The molecule has 1 fully saturated rings. The first kappa shape index (κ1) is 25.6. The predicted molar refractivity (Wildman–Crippen MR) is 129 cm³/mol. The molecule has 0 bridgehead atoms. The molecule has 1 aliphatic rings. The van der Waals surface area contributed by atoms with Crippen molar-refractivity contribution >= 4 is 23.1 Å².